The number of amides is 6. The molecule has 0 spiro atoms. The zero-order valence-corrected chi connectivity index (χ0v) is 40.8. The second-order valence-corrected chi connectivity index (χ2v) is 24.1. The summed E-state index contributed by atoms with van der Waals surface area (Å²) in [5, 5.41) is 11.5. The molecule has 4 rings (SSSR count). The first-order chi connectivity index (χ1) is 30.2. The lowest BCUT2D eigenvalue weighted by molar-refractivity contribution is -0.140. The van der Waals surface area contributed by atoms with Crippen molar-refractivity contribution in [3.8, 4) is 11.1 Å². The topological polar surface area (TPSA) is 164 Å². The first-order valence-electron chi connectivity index (χ1n) is 22.8. The van der Waals surface area contributed by atoms with E-state index in [0.717, 1.165) is 35.1 Å². The predicted molar refractivity (Wildman–Crippen MR) is 254 cm³/mol. The van der Waals surface area contributed by atoms with Crippen LogP contribution in [0.25, 0.3) is 11.1 Å². The first kappa shape index (κ1) is 51.6. The van der Waals surface area contributed by atoms with Crippen molar-refractivity contribution >= 4 is 38.2 Å². The standard InChI is InChI=1S/C50H73N5O8Si/c1-11-12-15-28-43(56)54-50(34-39-26-20-21-27-40(39)38-24-18-14-19-25-38,36(2)42(63-64(9,10)49(6,7)8)35-51-47(60)62-48(3,4)5)45(58)52-41(33-37-22-16-13-17-23-37)44(57)53-46(59)55-29-31-61-32-30-55/h13-14,16-27,36,41-42H,11-12,15,28-35H2,1-10H3,(H,51,60)(H,52,58)(H,54,56)(H,53,57,59)/t36-,41?,42?,50-/m0/s1. The van der Waals surface area contributed by atoms with Crippen molar-refractivity contribution in [3.63, 3.8) is 0 Å². The van der Waals surface area contributed by atoms with E-state index in [2.05, 4.69) is 62.1 Å². The number of carbonyl (C=O) groups is 5. The molecule has 0 aromatic heterocycles. The maximum absolute atomic E-state index is 15.9. The lowest BCUT2D eigenvalue weighted by Gasteiger charge is -2.47. The molecule has 4 atom stereocenters. The summed E-state index contributed by atoms with van der Waals surface area (Å²) in [6, 6.07) is 25.0. The van der Waals surface area contributed by atoms with Gasteiger partial charge in [-0.1, -0.05) is 132 Å². The van der Waals surface area contributed by atoms with Crippen LogP contribution in [0.15, 0.2) is 84.9 Å². The fourth-order valence-electron chi connectivity index (χ4n) is 7.46. The van der Waals surface area contributed by atoms with E-state index in [0.29, 0.717) is 32.7 Å². The number of hydrogen-bond donors (Lipinski definition) is 4. The van der Waals surface area contributed by atoms with Gasteiger partial charge in [0.2, 0.25) is 11.8 Å². The molecule has 0 saturated carbocycles. The van der Waals surface area contributed by atoms with Crippen molar-refractivity contribution in [2.24, 2.45) is 5.92 Å². The third-order valence-electron chi connectivity index (χ3n) is 12.2. The van der Waals surface area contributed by atoms with Crippen molar-refractivity contribution in [3.05, 3.63) is 96.1 Å². The molecule has 3 aromatic carbocycles. The van der Waals surface area contributed by atoms with Crippen LogP contribution in [0.4, 0.5) is 9.59 Å². The largest absolute Gasteiger partial charge is 0.444 e. The van der Waals surface area contributed by atoms with Crippen LogP contribution in [-0.4, -0.2) is 99.2 Å². The van der Waals surface area contributed by atoms with Crippen molar-refractivity contribution in [2.45, 2.75) is 135 Å². The number of imide groups is 1. The van der Waals surface area contributed by atoms with Crippen molar-refractivity contribution < 1.29 is 37.9 Å². The molecule has 0 bridgehead atoms. The van der Waals surface area contributed by atoms with E-state index < -0.39 is 61.5 Å². The van der Waals surface area contributed by atoms with Gasteiger partial charge in [-0.3, -0.25) is 19.7 Å². The van der Waals surface area contributed by atoms with Crippen LogP contribution >= 0.6 is 0 Å². The predicted octanol–water partition coefficient (Wildman–Crippen LogP) is 8.18. The molecule has 13 nitrogen and oxygen atoms in total. The molecule has 3 aromatic rings. The average molecular weight is 900 g/mol. The number of nitrogens with zero attached hydrogens (tertiary/aromatic N) is 1. The molecule has 64 heavy (non-hydrogen) atoms. The lowest BCUT2D eigenvalue weighted by atomic mass is 9.74. The normalized spacial score (nSPS) is 15.8. The molecule has 0 radical (unpaired) electrons. The monoisotopic (exact) mass is 900 g/mol. The van der Waals surface area contributed by atoms with E-state index in [1.807, 2.05) is 91.9 Å². The molecule has 6 amide bonds. The number of unbranched alkanes of at least 4 members (excludes halogenated alkanes) is 2. The van der Waals surface area contributed by atoms with Crippen molar-refractivity contribution in [1.82, 2.24) is 26.2 Å². The number of morpholine rings is 1. The molecule has 350 valence electrons. The Balaban J connectivity index is 1.94. The highest BCUT2D eigenvalue weighted by molar-refractivity contribution is 6.74. The molecular weight excluding hydrogens is 827 g/mol. The molecule has 1 aliphatic heterocycles. The van der Waals surface area contributed by atoms with Crippen LogP contribution in [0.3, 0.4) is 0 Å². The van der Waals surface area contributed by atoms with Gasteiger partial charge in [-0.15, -0.1) is 0 Å². The van der Waals surface area contributed by atoms with Crippen molar-refractivity contribution in [1.29, 1.82) is 0 Å². The minimum Gasteiger partial charge on any atom is -0.444 e. The van der Waals surface area contributed by atoms with E-state index in [4.69, 9.17) is 13.9 Å². The molecule has 1 saturated heterocycles. The smallest absolute Gasteiger partial charge is 0.407 e. The van der Waals surface area contributed by atoms with E-state index in [1.54, 1.807) is 20.8 Å². The fourth-order valence-corrected chi connectivity index (χ4v) is 8.86. The molecule has 2 unspecified atom stereocenters. The molecule has 0 aliphatic carbocycles. The van der Waals surface area contributed by atoms with Crippen LogP contribution in [0.2, 0.25) is 18.1 Å². The molecule has 4 N–H and O–H groups in total. The van der Waals surface area contributed by atoms with Gasteiger partial charge in [-0.2, -0.15) is 0 Å². The van der Waals surface area contributed by atoms with Crippen LogP contribution in [0.1, 0.15) is 92.2 Å². The number of urea groups is 1. The Bertz CT molecular complexity index is 2000. The molecule has 1 aliphatic rings. The Morgan fingerprint density at radius 1 is 0.828 bits per heavy atom. The van der Waals surface area contributed by atoms with Gasteiger partial charge >= 0.3 is 12.1 Å². The molecule has 1 fully saturated rings. The lowest BCUT2D eigenvalue weighted by Crippen LogP contribution is -2.69. The van der Waals surface area contributed by atoms with Crippen LogP contribution in [-0.2, 0) is 41.1 Å². The highest BCUT2D eigenvalue weighted by Gasteiger charge is 2.52. The number of rotatable bonds is 19. The summed E-state index contributed by atoms with van der Waals surface area (Å²) in [7, 11) is -2.67. The van der Waals surface area contributed by atoms with Crippen molar-refractivity contribution in [2.75, 3.05) is 32.8 Å². The number of hydrogen-bond acceptors (Lipinski definition) is 8. The highest BCUT2D eigenvalue weighted by atomic mass is 28.4. The van der Waals surface area contributed by atoms with E-state index in [9.17, 15) is 19.2 Å². The van der Waals surface area contributed by atoms with Gasteiger partial charge < -0.3 is 34.8 Å². The van der Waals surface area contributed by atoms with E-state index >= 15 is 4.79 Å². The number of alkyl carbamates (subject to hydrolysis) is 1. The zero-order chi connectivity index (χ0) is 47.1. The Morgan fingerprint density at radius 2 is 1.44 bits per heavy atom. The summed E-state index contributed by atoms with van der Waals surface area (Å²) < 4.78 is 18.3. The molecule has 14 heteroatoms. The second-order valence-electron chi connectivity index (χ2n) is 19.4. The van der Waals surface area contributed by atoms with Gasteiger partial charge in [-0.05, 0) is 67.6 Å². The van der Waals surface area contributed by atoms with Gasteiger partial charge in [0.15, 0.2) is 8.32 Å². The quantitative estimate of drug-likeness (QED) is 0.0692. The Hall–Kier alpha value is -5.05. The minimum absolute atomic E-state index is 0.0131. The number of benzene rings is 3. The third kappa shape index (κ3) is 15.0. The summed E-state index contributed by atoms with van der Waals surface area (Å²) in [5.41, 5.74) is 0.719. The van der Waals surface area contributed by atoms with Gasteiger partial charge in [0, 0.05) is 44.8 Å². The van der Waals surface area contributed by atoms with Gasteiger partial charge in [0.25, 0.3) is 5.91 Å². The fraction of sp³-hybridized carbons (Fsp3) is 0.540. The SMILES string of the molecule is CCCCCC(=O)N[C@](Cc1ccccc1-c1ccccc1)(C(=O)NC(Cc1ccccc1)C(=O)NC(=O)N1CCOCC1)[C@@H](C)C(CNC(=O)OC(C)(C)C)O[Si](C)(C)C(C)(C)C. The van der Waals surface area contributed by atoms with Crippen LogP contribution < -0.4 is 21.3 Å². The Labute approximate surface area is 382 Å². The minimum atomic E-state index is -2.67. The van der Waals surface area contributed by atoms with Crippen LogP contribution in [0, 0.1) is 5.92 Å². The third-order valence-corrected chi connectivity index (χ3v) is 16.7. The summed E-state index contributed by atoms with van der Waals surface area (Å²) >= 11 is 0. The number of ether oxygens (including phenoxy) is 2. The summed E-state index contributed by atoms with van der Waals surface area (Å²) in [4.78, 5) is 73.1. The van der Waals surface area contributed by atoms with Gasteiger partial charge in [0.05, 0.1) is 19.3 Å². The molecule has 1 heterocycles. The summed E-state index contributed by atoms with van der Waals surface area (Å²) in [6.07, 6.45) is 0.993. The summed E-state index contributed by atoms with van der Waals surface area (Å²) in [6.45, 7) is 21.0. The molecular formula is C50H73N5O8Si. The second kappa shape index (κ2) is 23.2. The van der Waals surface area contributed by atoms with Gasteiger partial charge in [-0.25, -0.2) is 9.59 Å². The number of nitrogens with one attached hydrogen (secondary N) is 4. The Morgan fingerprint density at radius 3 is 2.05 bits per heavy atom. The first-order valence-corrected chi connectivity index (χ1v) is 25.7. The Kier molecular flexibility index (Phi) is 18.7. The van der Waals surface area contributed by atoms with Gasteiger partial charge in [0.1, 0.15) is 17.2 Å². The highest BCUT2D eigenvalue weighted by Crippen LogP contribution is 2.40. The number of carbonyl (C=O) groups excluding carboxylic acids is 5. The van der Waals surface area contributed by atoms with Crippen LogP contribution in [0.5, 0.6) is 0 Å². The maximum Gasteiger partial charge on any atom is 0.407 e. The maximum atomic E-state index is 15.9. The zero-order valence-electron chi connectivity index (χ0n) is 39.8. The summed E-state index contributed by atoms with van der Waals surface area (Å²) in [5.74, 6) is -2.52. The van der Waals surface area contributed by atoms with E-state index in [-0.39, 0.29) is 36.8 Å². The van der Waals surface area contributed by atoms with E-state index in [1.165, 1.54) is 4.90 Å². The average Bonchev–Trinajstić information content (AvgIpc) is 3.24.